The summed E-state index contributed by atoms with van der Waals surface area (Å²) in [5.74, 6) is -0.579. The number of hydrogen-bond donors (Lipinski definition) is 1. The van der Waals surface area contributed by atoms with E-state index in [2.05, 4.69) is 5.16 Å². The number of carbonyl (C=O) groups is 2. The molecule has 0 aromatic carbocycles. The van der Waals surface area contributed by atoms with Crippen LogP contribution in [0.2, 0.25) is 0 Å². The molecule has 1 aliphatic heterocycles. The van der Waals surface area contributed by atoms with E-state index in [1.807, 2.05) is 0 Å². The maximum Gasteiger partial charge on any atom is 0.311 e. The van der Waals surface area contributed by atoms with Gasteiger partial charge in [0.05, 0.1) is 5.41 Å². The molecule has 92 valence electrons. The number of carboxylic acids is 1. The molecule has 1 aliphatic rings. The highest BCUT2D eigenvalue weighted by Gasteiger charge is 2.42. The number of nitrogens with zero attached hydrogens (tertiary/aromatic N) is 2. The molecular formula is C11H14N2O4. The Balaban J connectivity index is 2.11. The minimum absolute atomic E-state index is 0.215. The summed E-state index contributed by atoms with van der Waals surface area (Å²) < 4.78 is 4.83. The van der Waals surface area contributed by atoms with Gasteiger partial charge in [-0.25, -0.2) is 0 Å². The highest BCUT2D eigenvalue weighted by molar-refractivity contribution is 5.93. The number of carboxylic acid groups (broad SMARTS) is 1. The smallest absolute Gasteiger partial charge is 0.311 e. The molecular weight excluding hydrogens is 224 g/mol. The van der Waals surface area contributed by atoms with Crippen LogP contribution in [0, 0.1) is 12.3 Å². The van der Waals surface area contributed by atoms with Crippen LogP contribution in [0.1, 0.15) is 29.6 Å². The van der Waals surface area contributed by atoms with E-state index >= 15 is 0 Å². The topological polar surface area (TPSA) is 83.6 Å². The molecule has 6 nitrogen and oxygen atoms in total. The maximum absolute atomic E-state index is 12.0. The lowest BCUT2D eigenvalue weighted by atomic mass is 9.90. The van der Waals surface area contributed by atoms with Crippen molar-refractivity contribution in [3.63, 3.8) is 0 Å². The van der Waals surface area contributed by atoms with Crippen LogP contribution >= 0.6 is 0 Å². The number of aryl methyl sites for hydroxylation is 1. The fraction of sp³-hybridized carbons (Fsp3) is 0.545. The second kappa shape index (κ2) is 3.87. The fourth-order valence-electron chi connectivity index (χ4n) is 1.94. The van der Waals surface area contributed by atoms with E-state index in [-0.39, 0.29) is 18.1 Å². The molecule has 0 spiro atoms. The van der Waals surface area contributed by atoms with Crippen LogP contribution in [0.4, 0.5) is 0 Å². The quantitative estimate of drug-likeness (QED) is 0.828. The van der Waals surface area contributed by atoms with Crippen molar-refractivity contribution < 1.29 is 19.2 Å². The molecule has 0 radical (unpaired) electrons. The van der Waals surface area contributed by atoms with Gasteiger partial charge in [-0.05, 0) is 20.3 Å². The second-order valence-corrected chi connectivity index (χ2v) is 4.67. The molecule has 17 heavy (non-hydrogen) atoms. The summed E-state index contributed by atoms with van der Waals surface area (Å²) in [6.45, 7) is 4.01. The van der Waals surface area contributed by atoms with E-state index in [1.165, 1.54) is 4.90 Å². The number of aliphatic carboxylic acids is 1. The summed E-state index contributed by atoms with van der Waals surface area (Å²) in [7, 11) is 0. The van der Waals surface area contributed by atoms with Crippen LogP contribution in [-0.2, 0) is 4.79 Å². The van der Waals surface area contributed by atoms with Gasteiger partial charge in [-0.3, -0.25) is 9.59 Å². The van der Waals surface area contributed by atoms with Crippen molar-refractivity contribution in [1.82, 2.24) is 10.1 Å². The Kier molecular flexibility index (Phi) is 2.65. The maximum atomic E-state index is 12.0. The van der Waals surface area contributed by atoms with Crippen molar-refractivity contribution >= 4 is 11.9 Å². The first kappa shape index (κ1) is 11.6. The molecule has 1 fully saturated rings. The SMILES string of the molecule is Cc1cc(C(=O)N2CCC(C)(C(=O)O)C2)no1. The van der Waals surface area contributed by atoms with Crippen LogP contribution in [-0.4, -0.2) is 40.1 Å². The van der Waals surface area contributed by atoms with Crippen molar-refractivity contribution in [2.24, 2.45) is 5.41 Å². The normalized spacial score (nSPS) is 24.0. The Morgan fingerprint density at radius 2 is 2.29 bits per heavy atom. The summed E-state index contributed by atoms with van der Waals surface area (Å²) in [5, 5.41) is 12.7. The number of rotatable bonds is 2. The standard InChI is InChI=1S/C11H14N2O4/c1-7-5-8(12-17-7)9(14)13-4-3-11(2,6-13)10(15)16/h5H,3-4,6H2,1-2H3,(H,15,16). The number of carbonyl (C=O) groups excluding carboxylic acids is 1. The fourth-order valence-corrected chi connectivity index (χ4v) is 1.94. The number of hydrogen-bond acceptors (Lipinski definition) is 4. The van der Waals surface area contributed by atoms with Gasteiger partial charge in [0.2, 0.25) is 0 Å². The molecule has 0 bridgehead atoms. The monoisotopic (exact) mass is 238 g/mol. The second-order valence-electron chi connectivity index (χ2n) is 4.67. The zero-order valence-electron chi connectivity index (χ0n) is 9.77. The average Bonchev–Trinajstić information content (AvgIpc) is 2.85. The number of amides is 1. The van der Waals surface area contributed by atoms with E-state index in [4.69, 9.17) is 9.63 Å². The van der Waals surface area contributed by atoms with Crippen LogP contribution in [0.5, 0.6) is 0 Å². The zero-order valence-corrected chi connectivity index (χ0v) is 9.77. The van der Waals surface area contributed by atoms with Gasteiger partial charge in [0, 0.05) is 19.2 Å². The molecule has 1 aromatic rings. The van der Waals surface area contributed by atoms with Gasteiger partial charge in [-0.2, -0.15) is 0 Å². The van der Waals surface area contributed by atoms with Crippen LogP contribution in [0.3, 0.4) is 0 Å². The molecule has 0 saturated carbocycles. The van der Waals surface area contributed by atoms with Gasteiger partial charge in [0.25, 0.3) is 5.91 Å². The van der Waals surface area contributed by atoms with E-state index in [0.717, 1.165) is 0 Å². The Bertz CT molecular complexity index is 468. The minimum Gasteiger partial charge on any atom is -0.481 e. The molecule has 1 amide bonds. The van der Waals surface area contributed by atoms with Crippen molar-refractivity contribution in [2.75, 3.05) is 13.1 Å². The highest BCUT2D eigenvalue weighted by atomic mass is 16.5. The summed E-state index contributed by atoms with van der Waals surface area (Å²) in [5.41, 5.74) is -0.619. The third-order valence-electron chi connectivity index (χ3n) is 3.12. The van der Waals surface area contributed by atoms with Crippen LogP contribution < -0.4 is 0 Å². The molecule has 6 heteroatoms. The summed E-state index contributed by atoms with van der Waals surface area (Å²) >= 11 is 0. The lowest BCUT2D eigenvalue weighted by molar-refractivity contribution is -0.147. The molecule has 0 aliphatic carbocycles. The predicted molar refractivity (Wildman–Crippen MR) is 57.5 cm³/mol. The molecule has 1 N–H and O–H groups in total. The summed E-state index contributed by atoms with van der Waals surface area (Å²) in [4.78, 5) is 24.5. The van der Waals surface area contributed by atoms with Gasteiger partial charge in [0.15, 0.2) is 5.69 Å². The Morgan fingerprint density at radius 3 is 2.76 bits per heavy atom. The van der Waals surface area contributed by atoms with Crippen molar-refractivity contribution in [1.29, 1.82) is 0 Å². The van der Waals surface area contributed by atoms with Crippen LogP contribution in [0.15, 0.2) is 10.6 Å². The number of likely N-dealkylation sites (tertiary alicyclic amines) is 1. The molecule has 1 saturated heterocycles. The summed E-state index contributed by atoms with van der Waals surface area (Å²) in [6.07, 6.45) is 0.463. The first-order valence-electron chi connectivity index (χ1n) is 5.38. The Labute approximate surface area is 98.2 Å². The van der Waals surface area contributed by atoms with Crippen molar-refractivity contribution in [3.8, 4) is 0 Å². The predicted octanol–water partition coefficient (Wildman–Crippen LogP) is 0.920. The first-order chi connectivity index (χ1) is 7.92. The lowest BCUT2D eigenvalue weighted by Gasteiger charge is -2.19. The van der Waals surface area contributed by atoms with Crippen LogP contribution in [0.25, 0.3) is 0 Å². The zero-order chi connectivity index (χ0) is 12.6. The van der Waals surface area contributed by atoms with E-state index in [1.54, 1.807) is 19.9 Å². The van der Waals surface area contributed by atoms with Gasteiger partial charge in [-0.15, -0.1) is 0 Å². The van der Waals surface area contributed by atoms with Crippen molar-refractivity contribution in [2.45, 2.75) is 20.3 Å². The molecule has 2 heterocycles. The van der Waals surface area contributed by atoms with E-state index in [0.29, 0.717) is 18.7 Å². The minimum atomic E-state index is -0.871. The molecule has 1 unspecified atom stereocenters. The number of aromatic nitrogens is 1. The van der Waals surface area contributed by atoms with E-state index < -0.39 is 11.4 Å². The Morgan fingerprint density at radius 1 is 1.59 bits per heavy atom. The third-order valence-corrected chi connectivity index (χ3v) is 3.12. The lowest BCUT2D eigenvalue weighted by Crippen LogP contribution is -2.35. The van der Waals surface area contributed by atoms with Gasteiger partial charge < -0.3 is 14.5 Å². The van der Waals surface area contributed by atoms with Gasteiger partial charge in [0.1, 0.15) is 5.76 Å². The van der Waals surface area contributed by atoms with Crippen molar-refractivity contribution in [3.05, 3.63) is 17.5 Å². The van der Waals surface area contributed by atoms with E-state index in [9.17, 15) is 9.59 Å². The third kappa shape index (κ3) is 2.02. The largest absolute Gasteiger partial charge is 0.481 e. The first-order valence-corrected chi connectivity index (χ1v) is 5.38. The Hall–Kier alpha value is -1.85. The molecule has 1 atom stereocenters. The molecule has 1 aromatic heterocycles. The average molecular weight is 238 g/mol. The summed E-state index contributed by atoms with van der Waals surface area (Å²) in [6, 6.07) is 1.55. The molecule has 2 rings (SSSR count). The highest BCUT2D eigenvalue weighted by Crippen LogP contribution is 2.30. The van der Waals surface area contributed by atoms with Gasteiger partial charge >= 0.3 is 5.97 Å². The van der Waals surface area contributed by atoms with Gasteiger partial charge in [-0.1, -0.05) is 5.16 Å².